The van der Waals surface area contributed by atoms with Crippen molar-refractivity contribution >= 4 is 11.7 Å². The van der Waals surface area contributed by atoms with E-state index in [1.165, 1.54) is 0 Å². The van der Waals surface area contributed by atoms with Gasteiger partial charge in [-0.1, -0.05) is 19.9 Å². The number of hydrogen-bond acceptors (Lipinski definition) is 3. The average Bonchev–Trinajstić information content (AvgIpc) is 2.26. The molecule has 4 nitrogen and oxygen atoms in total. The van der Waals surface area contributed by atoms with Gasteiger partial charge >= 0.3 is 5.97 Å². The number of benzene rings is 1. The maximum Gasteiger partial charge on any atom is 0.326 e. The second kappa shape index (κ2) is 6.13. The zero-order valence-corrected chi connectivity index (χ0v) is 10.4. The fourth-order valence-corrected chi connectivity index (χ4v) is 1.54. The summed E-state index contributed by atoms with van der Waals surface area (Å²) in [6, 6.07) is 6.74. The Morgan fingerprint density at radius 2 is 2.18 bits per heavy atom. The molecular weight excluding hydrogens is 218 g/mol. The maximum absolute atomic E-state index is 11.1. The monoisotopic (exact) mass is 237 g/mol. The van der Waals surface area contributed by atoms with E-state index in [0.29, 0.717) is 6.61 Å². The number of carboxylic acids is 1. The predicted molar refractivity (Wildman–Crippen MR) is 67.5 cm³/mol. The molecular formula is C13H19NO3. The molecule has 0 saturated carbocycles. The third kappa shape index (κ3) is 3.98. The molecule has 0 saturated heterocycles. The van der Waals surface area contributed by atoms with Crippen LogP contribution in [0.2, 0.25) is 0 Å². The minimum Gasteiger partial charge on any atom is -0.494 e. The van der Waals surface area contributed by atoms with E-state index in [2.05, 4.69) is 5.32 Å². The summed E-state index contributed by atoms with van der Waals surface area (Å²) in [5.74, 6) is -0.0875. The topological polar surface area (TPSA) is 58.6 Å². The van der Waals surface area contributed by atoms with Gasteiger partial charge in [-0.3, -0.25) is 0 Å². The lowest BCUT2D eigenvalue weighted by molar-refractivity contribution is -0.138. The summed E-state index contributed by atoms with van der Waals surface area (Å²) in [5.41, 5.74) is 0.761. The summed E-state index contributed by atoms with van der Waals surface area (Å²) in [5, 5.41) is 12.1. The highest BCUT2D eigenvalue weighted by Crippen LogP contribution is 2.19. The summed E-state index contributed by atoms with van der Waals surface area (Å²) in [6.07, 6.45) is 0. The van der Waals surface area contributed by atoms with Crippen LogP contribution >= 0.6 is 0 Å². The molecule has 0 aliphatic rings. The van der Waals surface area contributed by atoms with E-state index >= 15 is 0 Å². The van der Waals surface area contributed by atoms with Crippen LogP contribution in [0.1, 0.15) is 20.8 Å². The van der Waals surface area contributed by atoms with Crippen molar-refractivity contribution in [1.29, 1.82) is 0 Å². The van der Waals surface area contributed by atoms with Gasteiger partial charge in [-0.25, -0.2) is 4.79 Å². The highest BCUT2D eigenvalue weighted by Gasteiger charge is 2.20. The molecule has 1 aromatic rings. The summed E-state index contributed by atoms with van der Waals surface area (Å²) in [6.45, 7) is 6.25. The summed E-state index contributed by atoms with van der Waals surface area (Å²) >= 11 is 0. The fraction of sp³-hybridized carbons (Fsp3) is 0.462. The molecule has 1 unspecified atom stereocenters. The number of nitrogens with one attached hydrogen (secondary N) is 1. The Labute approximate surface area is 102 Å². The molecule has 0 amide bonds. The summed E-state index contributed by atoms with van der Waals surface area (Å²) in [4.78, 5) is 11.1. The Bertz CT molecular complexity index is 377. The first-order chi connectivity index (χ1) is 8.04. The van der Waals surface area contributed by atoms with E-state index in [0.717, 1.165) is 11.4 Å². The first-order valence-electron chi connectivity index (χ1n) is 5.76. The largest absolute Gasteiger partial charge is 0.494 e. The second-order valence-corrected chi connectivity index (χ2v) is 4.17. The quantitative estimate of drug-likeness (QED) is 0.798. The van der Waals surface area contributed by atoms with Crippen LogP contribution in [-0.4, -0.2) is 23.7 Å². The first-order valence-corrected chi connectivity index (χ1v) is 5.76. The zero-order chi connectivity index (χ0) is 12.8. The van der Waals surface area contributed by atoms with Gasteiger partial charge in [-0.15, -0.1) is 0 Å². The van der Waals surface area contributed by atoms with Crippen LogP contribution in [0, 0.1) is 5.92 Å². The molecule has 0 bridgehead atoms. The van der Waals surface area contributed by atoms with Crippen molar-refractivity contribution in [2.75, 3.05) is 11.9 Å². The van der Waals surface area contributed by atoms with E-state index < -0.39 is 12.0 Å². The van der Waals surface area contributed by atoms with Gasteiger partial charge in [0.25, 0.3) is 0 Å². The van der Waals surface area contributed by atoms with Crippen LogP contribution in [0.25, 0.3) is 0 Å². The Hall–Kier alpha value is -1.71. The molecule has 0 aromatic heterocycles. The molecule has 0 radical (unpaired) electrons. The number of rotatable bonds is 6. The minimum absolute atomic E-state index is 0.0169. The van der Waals surface area contributed by atoms with Crippen molar-refractivity contribution in [2.24, 2.45) is 5.92 Å². The molecule has 2 N–H and O–H groups in total. The highest BCUT2D eigenvalue weighted by molar-refractivity contribution is 5.77. The first kappa shape index (κ1) is 13.4. The second-order valence-electron chi connectivity index (χ2n) is 4.17. The zero-order valence-electron chi connectivity index (χ0n) is 10.4. The predicted octanol–water partition coefficient (Wildman–Crippen LogP) is 2.61. The fourth-order valence-electron chi connectivity index (χ4n) is 1.54. The molecule has 17 heavy (non-hydrogen) atoms. The van der Waals surface area contributed by atoms with Gasteiger partial charge in [0.15, 0.2) is 0 Å². The van der Waals surface area contributed by atoms with Crippen molar-refractivity contribution in [3.63, 3.8) is 0 Å². The average molecular weight is 237 g/mol. The van der Waals surface area contributed by atoms with Crippen LogP contribution in [0.5, 0.6) is 5.75 Å². The van der Waals surface area contributed by atoms with Gasteiger partial charge in [-0.05, 0) is 25.0 Å². The molecule has 94 valence electrons. The van der Waals surface area contributed by atoms with Gasteiger partial charge in [-0.2, -0.15) is 0 Å². The van der Waals surface area contributed by atoms with Crippen LogP contribution < -0.4 is 10.1 Å². The van der Waals surface area contributed by atoms with E-state index in [1.54, 1.807) is 0 Å². The molecule has 0 aliphatic heterocycles. The molecule has 0 spiro atoms. The van der Waals surface area contributed by atoms with Gasteiger partial charge in [0.05, 0.1) is 6.61 Å². The lowest BCUT2D eigenvalue weighted by atomic mass is 10.0. The van der Waals surface area contributed by atoms with Crippen molar-refractivity contribution in [3.8, 4) is 5.75 Å². The molecule has 0 fully saturated rings. The molecule has 4 heteroatoms. The summed E-state index contributed by atoms with van der Waals surface area (Å²) < 4.78 is 5.36. The van der Waals surface area contributed by atoms with E-state index in [9.17, 15) is 4.79 Å². The number of ether oxygens (including phenoxy) is 1. The number of carbonyl (C=O) groups is 1. The van der Waals surface area contributed by atoms with Crippen molar-refractivity contribution in [1.82, 2.24) is 0 Å². The van der Waals surface area contributed by atoms with E-state index in [-0.39, 0.29) is 5.92 Å². The van der Waals surface area contributed by atoms with Gasteiger partial charge in [0.1, 0.15) is 11.8 Å². The third-order valence-electron chi connectivity index (χ3n) is 2.40. The normalized spacial score (nSPS) is 12.2. The molecule has 1 rings (SSSR count). The van der Waals surface area contributed by atoms with E-state index in [1.807, 2.05) is 45.0 Å². The van der Waals surface area contributed by atoms with Crippen molar-refractivity contribution < 1.29 is 14.6 Å². The Morgan fingerprint density at radius 1 is 1.47 bits per heavy atom. The van der Waals surface area contributed by atoms with Crippen molar-refractivity contribution in [2.45, 2.75) is 26.8 Å². The van der Waals surface area contributed by atoms with Crippen LogP contribution in [-0.2, 0) is 4.79 Å². The van der Waals surface area contributed by atoms with Gasteiger partial charge in [0, 0.05) is 11.8 Å². The standard InChI is InChI=1S/C13H19NO3/c1-4-17-11-7-5-6-10(8-11)14-12(9(2)3)13(15)16/h5-9,12,14H,4H2,1-3H3,(H,15,16). The highest BCUT2D eigenvalue weighted by atomic mass is 16.5. The lowest BCUT2D eigenvalue weighted by Crippen LogP contribution is -2.34. The van der Waals surface area contributed by atoms with Crippen molar-refractivity contribution in [3.05, 3.63) is 24.3 Å². The smallest absolute Gasteiger partial charge is 0.326 e. The SMILES string of the molecule is CCOc1cccc(NC(C(=O)O)C(C)C)c1. The maximum atomic E-state index is 11.1. The Morgan fingerprint density at radius 3 is 2.71 bits per heavy atom. The number of hydrogen-bond donors (Lipinski definition) is 2. The molecule has 1 atom stereocenters. The summed E-state index contributed by atoms with van der Waals surface area (Å²) in [7, 11) is 0. The Balaban J connectivity index is 2.78. The van der Waals surface area contributed by atoms with Gasteiger partial charge < -0.3 is 15.2 Å². The number of carboxylic acid groups (broad SMARTS) is 1. The number of anilines is 1. The van der Waals surface area contributed by atoms with Crippen LogP contribution in [0.4, 0.5) is 5.69 Å². The molecule has 0 aliphatic carbocycles. The molecule has 1 aromatic carbocycles. The minimum atomic E-state index is -0.846. The van der Waals surface area contributed by atoms with Crippen LogP contribution in [0.3, 0.4) is 0 Å². The van der Waals surface area contributed by atoms with E-state index in [4.69, 9.17) is 9.84 Å². The number of aliphatic carboxylic acids is 1. The van der Waals surface area contributed by atoms with Crippen LogP contribution in [0.15, 0.2) is 24.3 Å². The van der Waals surface area contributed by atoms with Gasteiger partial charge in [0.2, 0.25) is 0 Å². The lowest BCUT2D eigenvalue weighted by Gasteiger charge is -2.19. The third-order valence-corrected chi connectivity index (χ3v) is 2.40. The molecule has 0 heterocycles. The Kier molecular flexibility index (Phi) is 4.82.